The number of rotatable bonds is 7. The Kier molecular flexibility index (Phi) is 9.72. The molecule has 162 valence electrons. The maximum Gasteiger partial charge on any atom is 0.249 e. The Morgan fingerprint density at radius 3 is 2.41 bits per heavy atom. The molecule has 8 nitrogen and oxygen atoms in total. The van der Waals surface area contributed by atoms with E-state index in [1.54, 1.807) is 26.5 Å². The number of aryl methyl sites for hydroxylation is 1. The quantitative estimate of drug-likeness (QED) is 0.674. The number of benzene rings is 1. The Morgan fingerprint density at radius 1 is 1.28 bits per heavy atom. The number of amides is 1. The lowest BCUT2D eigenvalue weighted by molar-refractivity contribution is -0.132. The molecule has 0 saturated carbocycles. The molecule has 3 N–H and O–H groups in total. The Labute approximate surface area is 182 Å². The highest BCUT2D eigenvalue weighted by Gasteiger charge is 2.32. The van der Waals surface area contributed by atoms with Crippen LogP contribution in [0.2, 0.25) is 0 Å². The Morgan fingerprint density at radius 2 is 1.93 bits per heavy atom. The Hall–Kier alpha value is -2.00. The summed E-state index contributed by atoms with van der Waals surface area (Å²) >= 11 is 0. The summed E-state index contributed by atoms with van der Waals surface area (Å²) in [4.78, 5) is 17.2. The van der Waals surface area contributed by atoms with E-state index in [0.29, 0.717) is 30.3 Å². The van der Waals surface area contributed by atoms with Crippen LogP contribution in [0, 0.1) is 0 Å². The van der Waals surface area contributed by atoms with E-state index < -0.39 is 12.1 Å². The predicted octanol–water partition coefficient (Wildman–Crippen LogP) is 1.99. The summed E-state index contributed by atoms with van der Waals surface area (Å²) in [7, 11) is 5.06. The Bertz CT molecular complexity index is 780. The van der Waals surface area contributed by atoms with Crippen LogP contribution in [0.4, 0.5) is 0 Å². The number of halogens is 2. The molecule has 1 aliphatic rings. The zero-order chi connectivity index (χ0) is 19.4. The smallest absolute Gasteiger partial charge is 0.249 e. The molecule has 3 atom stereocenters. The van der Waals surface area contributed by atoms with Gasteiger partial charge >= 0.3 is 0 Å². The van der Waals surface area contributed by atoms with Crippen molar-refractivity contribution in [1.82, 2.24) is 14.9 Å². The van der Waals surface area contributed by atoms with Crippen molar-refractivity contribution in [3.05, 3.63) is 42.0 Å². The molecule has 2 aromatic rings. The molecular formula is C19H28Cl2N4O4. The molecule has 3 rings (SSSR count). The first-order valence-corrected chi connectivity index (χ1v) is 8.91. The highest BCUT2D eigenvalue weighted by molar-refractivity contribution is 5.85. The van der Waals surface area contributed by atoms with E-state index in [9.17, 15) is 4.79 Å². The van der Waals surface area contributed by atoms with Crippen LogP contribution >= 0.6 is 24.8 Å². The number of nitrogens with zero attached hydrogens (tertiary/aromatic N) is 2. The molecule has 2 heterocycles. The van der Waals surface area contributed by atoms with E-state index in [1.807, 2.05) is 29.9 Å². The third kappa shape index (κ3) is 5.76. The van der Waals surface area contributed by atoms with Crippen LogP contribution in [0.15, 0.2) is 30.6 Å². The zero-order valence-corrected chi connectivity index (χ0v) is 18.3. The van der Waals surface area contributed by atoms with Gasteiger partial charge in [0.1, 0.15) is 29.5 Å². The van der Waals surface area contributed by atoms with Crippen molar-refractivity contribution in [1.29, 1.82) is 0 Å². The van der Waals surface area contributed by atoms with Gasteiger partial charge in [0, 0.05) is 32.1 Å². The maximum absolute atomic E-state index is 12.8. The highest BCUT2D eigenvalue weighted by atomic mass is 35.5. The van der Waals surface area contributed by atoms with Crippen LogP contribution in [-0.2, 0) is 16.6 Å². The number of carbonyl (C=O) groups is 1. The van der Waals surface area contributed by atoms with E-state index >= 15 is 0 Å². The van der Waals surface area contributed by atoms with Gasteiger partial charge in [0.2, 0.25) is 5.91 Å². The minimum atomic E-state index is -0.506. The van der Waals surface area contributed by atoms with Gasteiger partial charge in [0.25, 0.3) is 0 Å². The predicted molar refractivity (Wildman–Crippen MR) is 114 cm³/mol. The summed E-state index contributed by atoms with van der Waals surface area (Å²) in [6.07, 6.45) is 4.40. The third-order valence-electron chi connectivity index (χ3n) is 4.77. The van der Waals surface area contributed by atoms with E-state index in [1.165, 1.54) is 0 Å². The SMILES string of the molecule is COc1cc(OC)cc(C(NC(=O)[C@@H]2CC[C@H](CN)O2)c2nccn2C)c1.Cl.Cl. The van der Waals surface area contributed by atoms with Crippen LogP contribution in [-0.4, -0.2) is 48.4 Å². The Balaban J connectivity index is 0.00000210. The van der Waals surface area contributed by atoms with Crippen LogP contribution in [0.3, 0.4) is 0 Å². The molecule has 0 aliphatic carbocycles. The van der Waals surface area contributed by atoms with Gasteiger partial charge in [-0.2, -0.15) is 0 Å². The number of nitrogens with two attached hydrogens (primary N) is 1. The molecule has 1 amide bonds. The fraction of sp³-hybridized carbons (Fsp3) is 0.474. The van der Waals surface area contributed by atoms with Crippen molar-refractivity contribution >= 4 is 30.7 Å². The second-order valence-electron chi connectivity index (χ2n) is 6.54. The molecule has 0 bridgehead atoms. The van der Waals surface area contributed by atoms with E-state index in [4.69, 9.17) is 19.9 Å². The molecule has 0 radical (unpaired) electrons. The number of ether oxygens (including phenoxy) is 3. The average molecular weight is 447 g/mol. The third-order valence-corrected chi connectivity index (χ3v) is 4.77. The van der Waals surface area contributed by atoms with E-state index in [0.717, 1.165) is 12.0 Å². The fourth-order valence-electron chi connectivity index (χ4n) is 3.26. The molecule has 1 unspecified atom stereocenters. The second-order valence-corrected chi connectivity index (χ2v) is 6.54. The summed E-state index contributed by atoms with van der Waals surface area (Å²) in [6.45, 7) is 0.416. The van der Waals surface area contributed by atoms with Crippen molar-refractivity contribution in [3.8, 4) is 11.5 Å². The molecule has 1 fully saturated rings. The van der Waals surface area contributed by atoms with Crippen molar-refractivity contribution in [3.63, 3.8) is 0 Å². The molecule has 1 aliphatic heterocycles. The minimum absolute atomic E-state index is 0. The van der Waals surface area contributed by atoms with E-state index in [-0.39, 0.29) is 36.8 Å². The van der Waals surface area contributed by atoms with Crippen LogP contribution in [0.1, 0.15) is 30.3 Å². The molecule has 10 heteroatoms. The maximum atomic E-state index is 12.8. The van der Waals surface area contributed by atoms with Crippen LogP contribution < -0.4 is 20.5 Å². The topological polar surface area (TPSA) is 101 Å². The largest absolute Gasteiger partial charge is 0.497 e. The summed E-state index contributed by atoms with van der Waals surface area (Å²) in [5.74, 6) is 1.80. The number of nitrogens with one attached hydrogen (secondary N) is 1. The average Bonchev–Trinajstić information content (AvgIpc) is 3.34. The first kappa shape index (κ1) is 25.0. The van der Waals surface area contributed by atoms with Gasteiger partial charge in [0.05, 0.1) is 20.3 Å². The summed E-state index contributed by atoms with van der Waals surface area (Å²) in [6, 6.07) is 5.04. The number of carbonyl (C=O) groups excluding carboxylic acids is 1. The standard InChI is InChI=1S/C19H26N4O4.2ClH/c1-23-7-6-21-18(23)17(12-8-14(25-2)10-15(9-12)26-3)22-19(24)16-5-4-13(11-20)27-16;;/h6-10,13,16-17H,4-5,11,20H2,1-3H3,(H,22,24);2*1H/t13-,16+,17?;;/m1../s1. The first-order valence-electron chi connectivity index (χ1n) is 8.91. The first-order chi connectivity index (χ1) is 13.0. The van der Waals surface area contributed by atoms with Crippen molar-refractivity contribution < 1.29 is 19.0 Å². The number of hydrogen-bond acceptors (Lipinski definition) is 6. The lowest BCUT2D eigenvalue weighted by atomic mass is 10.0. The van der Waals surface area contributed by atoms with Crippen molar-refractivity contribution in [2.75, 3.05) is 20.8 Å². The van der Waals surface area contributed by atoms with Crippen molar-refractivity contribution in [2.24, 2.45) is 12.8 Å². The molecular weight excluding hydrogens is 419 g/mol. The molecule has 1 aromatic heterocycles. The lowest BCUT2D eigenvalue weighted by Gasteiger charge is -2.22. The number of imidazole rings is 1. The summed E-state index contributed by atoms with van der Waals surface area (Å²) in [5, 5.41) is 3.07. The van der Waals surface area contributed by atoms with Gasteiger partial charge in [-0.15, -0.1) is 24.8 Å². The minimum Gasteiger partial charge on any atom is -0.497 e. The second kappa shape index (κ2) is 11.3. The molecule has 1 aromatic carbocycles. The molecule has 0 spiro atoms. The van der Waals surface area contributed by atoms with Gasteiger partial charge in [-0.3, -0.25) is 4.79 Å². The summed E-state index contributed by atoms with van der Waals surface area (Å²) < 4.78 is 18.3. The number of methoxy groups -OCH3 is 2. The molecule has 1 saturated heterocycles. The zero-order valence-electron chi connectivity index (χ0n) is 16.7. The van der Waals surface area contributed by atoms with Gasteiger partial charge < -0.3 is 29.8 Å². The lowest BCUT2D eigenvalue weighted by Crippen LogP contribution is -2.39. The van der Waals surface area contributed by atoms with Gasteiger partial charge in [-0.1, -0.05) is 0 Å². The van der Waals surface area contributed by atoms with Gasteiger partial charge in [-0.25, -0.2) is 4.98 Å². The molecule has 29 heavy (non-hydrogen) atoms. The van der Waals surface area contributed by atoms with Crippen LogP contribution in [0.5, 0.6) is 11.5 Å². The monoisotopic (exact) mass is 446 g/mol. The van der Waals surface area contributed by atoms with E-state index in [2.05, 4.69) is 10.3 Å². The van der Waals surface area contributed by atoms with Gasteiger partial charge in [0.15, 0.2) is 0 Å². The fourth-order valence-corrected chi connectivity index (χ4v) is 3.26. The highest BCUT2D eigenvalue weighted by Crippen LogP contribution is 2.30. The number of aromatic nitrogens is 2. The van der Waals surface area contributed by atoms with Crippen LogP contribution in [0.25, 0.3) is 0 Å². The number of hydrogen-bond donors (Lipinski definition) is 2. The summed E-state index contributed by atoms with van der Waals surface area (Å²) in [5.41, 5.74) is 6.46. The van der Waals surface area contributed by atoms with Gasteiger partial charge in [-0.05, 0) is 30.5 Å². The van der Waals surface area contributed by atoms with Crippen molar-refractivity contribution in [2.45, 2.75) is 31.1 Å². The normalized spacial score (nSPS) is 18.9.